The Morgan fingerprint density at radius 3 is 2.50 bits per heavy atom. The van der Waals surface area contributed by atoms with Crippen molar-refractivity contribution in [1.82, 2.24) is 14.5 Å². The monoisotopic (exact) mass is 237 g/mol. The van der Waals surface area contributed by atoms with Crippen LogP contribution in [0.25, 0.3) is 11.2 Å². The summed E-state index contributed by atoms with van der Waals surface area (Å²) in [6, 6.07) is 2.38. The van der Waals surface area contributed by atoms with Gasteiger partial charge in [-0.25, -0.2) is 9.97 Å². The van der Waals surface area contributed by atoms with Gasteiger partial charge in [-0.05, 0) is 31.4 Å². The van der Waals surface area contributed by atoms with Crippen molar-refractivity contribution in [3.63, 3.8) is 0 Å². The van der Waals surface area contributed by atoms with Crippen LogP contribution in [-0.2, 0) is 0 Å². The van der Waals surface area contributed by atoms with Crippen LogP contribution in [0, 0.1) is 0 Å². The van der Waals surface area contributed by atoms with Crippen molar-refractivity contribution in [2.75, 3.05) is 0 Å². The summed E-state index contributed by atoms with van der Waals surface area (Å²) in [5.74, 6) is 0.369. The molecule has 0 aliphatic rings. The van der Waals surface area contributed by atoms with E-state index in [0.717, 1.165) is 16.7 Å². The predicted molar refractivity (Wildman–Crippen MR) is 67.0 cm³/mol. The summed E-state index contributed by atoms with van der Waals surface area (Å²) in [6.07, 6.45) is 1.82. The second-order valence-corrected chi connectivity index (χ2v) is 4.97. The molecule has 0 unspecified atom stereocenters. The van der Waals surface area contributed by atoms with Crippen LogP contribution >= 0.6 is 11.6 Å². The zero-order valence-corrected chi connectivity index (χ0v) is 10.8. The van der Waals surface area contributed by atoms with Gasteiger partial charge in [-0.1, -0.05) is 25.4 Å². The standard InChI is InChI=1S/C12H16ClN3/c1-7(2)9-5-10-12(15-11(9)13)16(6-14-10)8(3)4/h5-8H,1-4H3. The molecular formula is C12H16ClN3. The Balaban J connectivity index is 2.66. The first-order valence-electron chi connectivity index (χ1n) is 5.53. The Labute approximate surface area is 100 Å². The van der Waals surface area contributed by atoms with Crippen molar-refractivity contribution in [3.8, 4) is 0 Å². The van der Waals surface area contributed by atoms with Crippen LogP contribution in [0.1, 0.15) is 45.2 Å². The highest BCUT2D eigenvalue weighted by molar-refractivity contribution is 6.30. The number of nitrogens with zero attached hydrogens (tertiary/aromatic N) is 3. The molecule has 3 nitrogen and oxygen atoms in total. The summed E-state index contributed by atoms with van der Waals surface area (Å²) >= 11 is 6.18. The van der Waals surface area contributed by atoms with E-state index in [0.29, 0.717) is 17.1 Å². The van der Waals surface area contributed by atoms with Gasteiger partial charge in [0, 0.05) is 6.04 Å². The molecule has 2 rings (SSSR count). The Kier molecular flexibility index (Phi) is 2.89. The number of hydrogen-bond donors (Lipinski definition) is 0. The molecule has 0 aliphatic carbocycles. The minimum absolute atomic E-state index is 0.346. The molecule has 0 saturated heterocycles. The number of halogens is 1. The molecule has 0 saturated carbocycles. The van der Waals surface area contributed by atoms with Crippen LogP contribution in [0.3, 0.4) is 0 Å². The van der Waals surface area contributed by atoms with E-state index in [4.69, 9.17) is 11.6 Å². The first-order valence-corrected chi connectivity index (χ1v) is 5.91. The Morgan fingerprint density at radius 2 is 1.94 bits per heavy atom. The number of aromatic nitrogens is 3. The molecule has 0 aromatic carbocycles. The van der Waals surface area contributed by atoms with Crippen LogP contribution in [0.5, 0.6) is 0 Å². The minimum atomic E-state index is 0.346. The highest BCUT2D eigenvalue weighted by Gasteiger charge is 2.13. The first-order chi connectivity index (χ1) is 7.50. The lowest BCUT2D eigenvalue weighted by atomic mass is 10.1. The van der Waals surface area contributed by atoms with Crippen LogP contribution in [0.2, 0.25) is 5.15 Å². The number of hydrogen-bond acceptors (Lipinski definition) is 2. The molecule has 0 radical (unpaired) electrons. The lowest BCUT2D eigenvalue weighted by Gasteiger charge is -2.10. The van der Waals surface area contributed by atoms with Crippen molar-refractivity contribution in [2.24, 2.45) is 0 Å². The molecule has 2 heterocycles. The fourth-order valence-electron chi connectivity index (χ4n) is 1.73. The van der Waals surface area contributed by atoms with Crippen molar-refractivity contribution >= 4 is 22.8 Å². The van der Waals surface area contributed by atoms with Crippen molar-refractivity contribution in [3.05, 3.63) is 23.1 Å². The van der Waals surface area contributed by atoms with Crippen LogP contribution in [0.15, 0.2) is 12.4 Å². The van der Waals surface area contributed by atoms with Gasteiger partial charge in [0.05, 0.1) is 6.33 Å². The van der Waals surface area contributed by atoms with Crippen LogP contribution < -0.4 is 0 Å². The third-order valence-electron chi connectivity index (χ3n) is 2.71. The van der Waals surface area contributed by atoms with Crippen LogP contribution in [-0.4, -0.2) is 14.5 Å². The smallest absolute Gasteiger partial charge is 0.161 e. The maximum Gasteiger partial charge on any atom is 0.161 e. The summed E-state index contributed by atoms with van der Waals surface area (Å²) < 4.78 is 2.03. The van der Waals surface area contributed by atoms with E-state index in [-0.39, 0.29) is 0 Å². The Hall–Kier alpha value is -1.09. The van der Waals surface area contributed by atoms with E-state index in [1.807, 2.05) is 17.0 Å². The van der Waals surface area contributed by atoms with Gasteiger partial charge in [0.2, 0.25) is 0 Å². The van der Waals surface area contributed by atoms with Crippen molar-refractivity contribution in [1.29, 1.82) is 0 Å². The Bertz CT molecular complexity index is 514. The second-order valence-electron chi connectivity index (χ2n) is 4.61. The zero-order valence-electron chi connectivity index (χ0n) is 10.0. The van der Waals surface area contributed by atoms with E-state index < -0.39 is 0 Å². The second kappa shape index (κ2) is 4.06. The fraction of sp³-hybridized carbons (Fsp3) is 0.500. The van der Waals surface area contributed by atoms with Crippen molar-refractivity contribution in [2.45, 2.75) is 39.7 Å². The molecule has 16 heavy (non-hydrogen) atoms. The molecule has 0 atom stereocenters. The highest BCUT2D eigenvalue weighted by Crippen LogP contribution is 2.26. The van der Waals surface area contributed by atoms with Gasteiger partial charge in [-0.2, -0.15) is 0 Å². The summed E-state index contributed by atoms with van der Waals surface area (Å²) in [5, 5.41) is 0.588. The topological polar surface area (TPSA) is 30.7 Å². The SMILES string of the molecule is CC(C)c1cc2ncn(C(C)C)c2nc1Cl. The van der Waals surface area contributed by atoms with Gasteiger partial charge in [0.25, 0.3) is 0 Å². The van der Waals surface area contributed by atoms with Gasteiger partial charge in [0.15, 0.2) is 5.65 Å². The predicted octanol–water partition coefficient (Wildman–Crippen LogP) is 3.79. The van der Waals surface area contributed by atoms with Crippen LogP contribution in [0.4, 0.5) is 0 Å². The highest BCUT2D eigenvalue weighted by atomic mass is 35.5. The molecule has 0 fully saturated rings. The van der Waals surface area contributed by atoms with E-state index in [9.17, 15) is 0 Å². The molecule has 86 valence electrons. The molecule has 0 amide bonds. The average molecular weight is 238 g/mol. The third-order valence-corrected chi connectivity index (χ3v) is 3.01. The molecule has 4 heteroatoms. The van der Waals surface area contributed by atoms with Gasteiger partial charge in [0.1, 0.15) is 10.7 Å². The zero-order chi connectivity index (χ0) is 11.9. The molecule has 0 N–H and O–H groups in total. The summed E-state index contributed by atoms with van der Waals surface area (Å²) in [4.78, 5) is 8.81. The molecule has 2 aromatic heterocycles. The maximum absolute atomic E-state index is 6.18. The lowest BCUT2D eigenvalue weighted by molar-refractivity contribution is 0.613. The van der Waals surface area contributed by atoms with Crippen molar-refractivity contribution < 1.29 is 0 Å². The summed E-state index contributed by atoms with van der Waals surface area (Å²) in [7, 11) is 0. The molecule has 0 aliphatic heterocycles. The first kappa shape index (κ1) is 11.4. The normalized spacial score (nSPS) is 11.9. The van der Waals surface area contributed by atoms with Gasteiger partial charge >= 0.3 is 0 Å². The molecular weight excluding hydrogens is 222 g/mol. The van der Waals surface area contributed by atoms with Gasteiger partial charge in [-0.15, -0.1) is 0 Å². The number of fused-ring (bicyclic) bond motifs is 1. The van der Waals surface area contributed by atoms with E-state index in [1.54, 1.807) is 0 Å². The van der Waals surface area contributed by atoms with E-state index >= 15 is 0 Å². The largest absolute Gasteiger partial charge is 0.313 e. The number of pyridine rings is 1. The third kappa shape index (κ3) is 1.80. The maximum atomic E-state index is 6.18. The van der Waals surface area contributed by atoms with E-state index in [2.05, 4.69) is 37.7 Å². The number of rotatable bonds is 2. The fourth-order valence-corrected chi connectivity index (χ4v) is 2.09. The molecule has 0 spiro atoms. The number of imidazole rings is 1. The molecule has 2 aromatic rings. The minimum Gasteiger partial charge on any atom is -0.313 e. The quantitative estimate of drug-likeness (QED) is 0.744. The molecule has 0 bridgehead atoms. The summed E-state index contributed by atoms with van der Waals surface area (Å²) in [6.45, 7) is 8.42. The van der Waals surface area contributed by atoms with Gasteiger partial charge in [-0.3, -0.25) is 0 Å². The average Bonchev–Trinajstić information content (AvgIpc) is 2.58. The lowest BCUT2D eigenvalue weighted by Crippen LogP contribution is -2.01. The van der Waals surface area contributed by atoms with E-state index in [1.165, 1.54) is 0 Å². The van der Waals surface area contributed by atoms with Gasteiger partial charge < -0.3 is 4.57 Å². The Morgan fingerprint density at radius 1 is 1.25 bits per heavy atom. The summed E-state index contributed by atoms with van der Waals surface area (Å²) in [5.41, 5.74) is 2.84.